The summed E-state index contributed by atoms with van der Waals surface area (Å²) in [5, 5.41) is 2.14. The fraction of sp³-hybridized carbons (Fsp3) is 0.714. The quantitative estimate of drug-likeness (QED) is 0.511. The van der Waals surface area contributed by atoms with E-state index in [0.717, 1.165) is 0 Å². The lowest BCUT2D eigenvalue weighted by Crippen LogP contribution is -2.18. The fourth-order valence-electron chi connectivity index (χ4n) is 0.508. The van der Waals surface area contributed by atoms with Crippen LogP contribution in [0.25, 0.3) is 0 Å². The lowest BCUT2D eigenvalue weighted by molar-refractivity contribution is -0.124. The Bertz CT molecular complexity index is 118. The molecule has 0 aromatic carbocycles. The minimum atomic E-state index is -0.148. The number of nitrogens with one attached hydrogen (secondary N) is 1. The first-order valence-electron chi connectivity index (χ1n) is 3.53. The average molecular weight is 143 g/mol. The molecule has 1 aliphatic rings. The van der Waals surface area contributed by atoms with Gasteiger partial charge in [0.2, 0.25) is 11.8 Å². The molecule has 10 heavy (non-hydrogen) atoms. The second-order valence-electron chi connectivity index (χ2n) is 2.18. The molecule has 1 N–H and O–H groups in total. The van der Waals surface area contributed by atoms with Gasteiger partial charge in [-0.25, -0.2) is 0 Å². The highest BCUT2D eigenvalue weighted by molar-refractivity contribution is 6.01. The lowest BCUT2D eigenvalue weighted by atomic mass is 10.4. The van der Waals surface area contributed by atoms with Crippen LogP contribution in [0.2, 0.25) is 0 Å². The van der Waals surface area contributed by atoms with Crippen molar-refractivity contribution >= 4 is 11.8 Å². The van der Waals surface area contributed by atoms with Crippen molar-refractivity contribution in [3.63, 3.8) is 0 Å². The van der Waals surface area contributed by atoms with Crippen molar-refractivity contribution < 1.29 is 9.59 Å². The van der Waals surface area contributed by atoms with Crippen molar-refractivity contribution in [3.05, 3.63) is 0 Å². The van der Waals surface area contributed by atoms with Crippen molar-refractivity contribution in [1.82, 2.24) is 5.32 Å². The molecule has 3 heteroatoms. The zero-order chi connectivity index (χ0) is 7.98. The summed E-state index contributed by atoms with van der Waals surface area (Å²) in [6, 6.07) is 0. The van der Waals surface area contributed by atoms with Crippen LogP contribution in [0.1, 0.15) is 33.1 Å². The second-order valence-corrected chi connectivity index (χ2v) is 2.18. The van der Waals surface area contributed by atoms with Crippen LogP contribution in [0.15, 0.2) is 0 Å². The molecule has 3 nitrogen and oxygen atoms in total. The van der Waals surface area contributed by atoms with E-state index in [0.29, 0.717) is 12.8 Å². The fourth-order valence-corrected chi connectivity index (χ4v) is 0.508. The summed E-state index contributed by atoms with van der Waals surface area (Å²) in [4.78, 5) is 20.2. The third-order valence-electron chi connectivity index (χ3n) is 0.858. The third kappa shape index (κ3) is 4.06. The molecule has 0 radical (unpaired) electrons. The first kappa shape index (κ1) is 9.14. The molecule has 0 bridgehead atoms. The van der Waals surface area contributed by atoms with Gasteiger partial charge in [-0.05, 0) is 0 Å². The molecule has 0 aromatic heterocycles. The Morgan fingerprint density at radius 1 is 1.20 bits per heavy atom. The number of carbonyl (C=O) groups is 2. The number of hydrogen-bond acceptors (Lipinski definition) is 2. The molecule has 0 aliphatic carbocycles. The van der Waals surface area contributed by atoms with Crippen molar-refractivity contribution in [1.29, 1.82) is 0 Å². The van der Waals surface area contributed by atoms with Crippen molar-refractivity contribution in [2.75, 3.05) is 0 Å². The summed E-state index contributed by atoms with van der Waals surface area (Å²) in [7, 11) is 0. The average Bonchev–Trinajstić information content (AvgIpc) is 2.17. The maximum atomic E-state index is 10.1. The number of imide groups is 1. The Balaban J connectivity index is 0.000000236. The van der Waals surface area contributed by atoms with E-state index in [-0.39, 0.29) is 11.8 Å². The SMILES string of the molecule is CCC.O=C1CCC(=O)N1. The molecule has 0 aromatic rings. The van der Waals surface area contributed by atoms with Crippen molar-refractivity contribution in [3.8, 4) is 0 Å². The summed E-state index contributed by atoms with van der Waals surface area (Å²) in [5.41, 5.74) is 0. The summed E-state index contributed by atoms with van der Waals surface area (Å²) < 4.78 is 0. The second kappa shape index (κ2) is 4.97. The van der Waals surface area contributed by atoms with Gasteiger partial charge < -0.3 is 0 Å². The first-order chi connectivity index (χ1) is 4.70. The lowest BCUT2D eigenvalue weighted by Gasteiger charge is -1.79. The number of carbonyl (C=O) groups excluding carboxylic acids is 2. The number of rotatable bonds is 0. The maximum Gasteiger partial charge on any atom is 0.227 e. The van der Waals surface area contributed by atoms with Crippen LogP contribution in [0.5, 0.6) is 0 Å². The van der Waals surface area contributed by atoms with Crippen LogP contribution in [0.3, 0.4) is 0 Å². The molecule has 0 atom stereocenters. The Hall–Kier alpha value is -0.860. The summed E-state index contributed by atoms with van der Waals surface area (Å²) in [5.74, 6) is -0.296. The van der Waals surface area contributed by atoms with Gasteiger partial charge in [-0.3, -0.25) is 14.9 Å². The zero-order valence-electron chi connectivity index (χ0n) is 6.44. The first-order valence-corrected chi connectivity index (χ1v) is 3.53. The number of amides is 2. The Morgan fingerprint density at radius 2 is 1.50 bits per heavy atom. The van der Waals surface area contributed by atoms with E-state index < -0.39 is 0 Å². The maximum absolute atomic E-state index is 10.1. The van der Waals surface area contributed by atoms with E-state index in [1.165, 1.54) is 6.42 Å². The van der Waals surface area contributed by atoms with Gasteiger partial charge in [0.15, 0.2) is 0 Å². The van der Waals surface area contributed by atoms with Gasteiger partial charge in [-0.1, -0.05) is 20.3 Å². The van der Waals surface area contributed by atoms with Crippen LogP contribution in [0.4, 0.5) is 0 Å². The standard InChI is InChI=1S/C4H5NO2.C3H8/c6-3-1-2-4(7)5-3;1-3-2/h1-2H2,(H,5,6,7);3H2,1-2H3. The minimum Gasteiger partial charge on any atom is -0.296 e. The van der Waals surface area contributed by atoms with Crippen LogP contribution in [-0.2, 0) is 9.59 Å². The van der Waals surface area contributed by atoms with Gasteiger partial charge >= 0.3 is 0 Å². The van der Waals surface area contributed by atoms with Crippen LogP contribution >= 0.6 is 0 Å². The summed E-state index contributed by atoms with van der Waals surface area (Å²) in [6.07, 6.45) is 2.00. The highest BCUT2D eigenvalue weighted by atomic mass is 16.2. The third-order valence-corrected chi connectivity index (χ3v) is 0.858. The van der Waals surface area contributed by atoms with Crippen molar-refractivity contribution in [2.45, 2.75) is 33.1 Å². The van der Waals surface area contributed by atoms with Gasteiger partial charge in [-0.2, -0.15) is 0 Å². The topological polar surface area (TPSA) is 46.2 Å². The van der Waals surface area contributed by atoms with E-state index in [9.17, 15) is 9.59 Å². The molecule has 0 saturated carbocycles. The smallest absolute Gasteiger partial charge is 0.227 e. The zero-order valence-corrected chi connectivity index (χ0v) is 6.44. The van der Waals surface area contributed by atoms with Gasteiger partial charge in [0.1, 0.15) is 0 Å². The van der Waals surface area contributed by atoms with Gasteiger partial charge in [-0.15, -0.1) is 0 Å². The number of hydrogen-bond donors (Lipinski definition) is 1. The molecule has 1 rings (SSSR count). The molecule has 2 amide bonds. The van der Waals surface area contributed by atoms with Gasteiger partial charge in [0.05, 0.1) is 0 Å². The highest BCUT2D eigenvalue weighted by Crippen LogP contribution is 1.95. The Morgan fingerprint density at radius 3 is 1.60 bits per heavy atom. The van der Waals surface area contributed by atoms with Crippen molar-refractivity contribution in [2.24, 2.45) is 0 Å². The van der Waals surface area contributed by atoms with Crippen LogP contribution in [0, 0.1) is 0 Å². The molecular weight excluding hydrogens is 130 g/mol. The monoisotopic (exact) mass is 143 g/mol. The van der Waals surface area contributed by atoms with E-state index >= 15 is 0 Å². The molecule has 1 saturated heterocycles. The van der Waals surface area contributed by atoms with Crippen LogP contribution in [-0.4, -0.2) is 11.8 Å². The summed E-state index contributed by atoms with van der Waals surface area (Å²) >= 11 is 0. The van der Waals surface area contributed by atoms with E-state index in [1.54, 1.807) is 0 Å². The van der Waals surface area contributed by atoms with Gasteiger partial charge in [0, 0.05) is 12.8 Å². The van der Waals surface area contributed by atoms with E-state index in [2.05, 4.69) is 19.2 Å². The van der Waals surface area contributed by atoms with E-state index in [4.69, 9.17) is 0 Å². The molecule has 1 aliphatic heterocycles. The molecule has 1 fully saturated rings. The Labute approximate surface area is 60.8 Å². The molecule has 0 unspecified atom stereocenters. The molecule has 58 valence electrons. The predicted molar refractivity (Wildman–Crippen MR) is 38.3 cm³/mol. The van der Waals surface area contributed by atoms with Crippen LogP contribution < -0.4 is 5.32 Å². The highest BCUT2D eigenvalue weighted by Gasteiger charge is 2.15. The Kier molecular flexibility index (Phi) is 4.54. The normalized spacial score (nSPS) is 15.8. The van der Waals surface area contributed by atoms with E-state index in [1.807, 2.05) is 0 Å². The molecule has 1 heterocycles. The van der Waals surface area contributed by atoms with Gasteiger partial charge in [0.25, 0.3) is 0 Å². The summed E-state index contributed by atoms with van der Waals surface area (Å²) in [6.45, 7) is 4.25. The molecular formula is C7H13NO2. The predicted octanol–water partition coefficient (Wildman–Crippen LogP) is 0.839. The molecule has 0 spiro atoms. The minimum absolute atomic E-state index is 0.148. The largest absolute Gasteiger partial charge is 0.296 e.